The highest BCUT2D eigenvalue weighted by Crippen LogP contribution is 2.38. The number of thioether (sulfide) groups is 1. The van der Waals surface area contributed by atoms with Gasteiger partial charge in [0.1, 0.15) is 17.3 Å². The first-order valence-corrected chi connectivity index (χ1v) is 9.85. The number of carbonyl (C=O) groups is 1. The summed E-state index contributed by atoms with van der Waals surface area (Å²) in [6.45, 7) is 1.95. The molecule has 0 spiro atoms. The average molecular weight is 380 g/mol. The maximum atomic E-state index is 12.2. The number of carbonyl (C=O) groups excluding carboxylic acids is 1. The molecule has 1 saturated carbocycles. The molecule has 2 aromatic carbocycles. The summed E-state index contributed by atoms with van der Waals surface area (Å²) in [6.07, 6.45) is 2.33. The van der Waals surface area contributed by atoms with Gasteiger partial charge in [-0.15, -0.1) is 10.2 Å². The van der Waals surface area contributed by atoms with Gasteiger partial charge < -0.3 is 14.6 Å². The fraction of sp³-hybridized carbons (Fsp3) is 0.250. The lowest BCUT2D eigenvalue weighted by Gasteiger charge is -2.09. The molecule has 1 amide bonds. The Morgan fingerprint density at radius 1 is 1.11 bits per heavy atom. The molecular formula is C20H20N4O2S. The van der Waals surface area contributed by atoms with Crippen molar-refractivity contribution in [1.29, 1.82) is 0 Å². The highest BCUT2D eigenvalue weighted by molar-refractivity contribution is 7.99. The van der Waals surface area contributed by atoms with Crippen LogP contribution in [0.4, 0.5) is 5.69 Å². The zero-order valence-corrected chi connectivity index (χ0v) is 15.8. The van der Waals surface area contributed by atoms with Gasteiger partial charge in [0, 0.05) is 11.7 Å². The Morgan fingerprint density at radius 2 is 1.81 bits per heavy atom. The van der Waals surface area contributed by atoms with Crippen molar-refractivity contribution in [2.45, 2.75) is 31.0 Å². The van der Waals surface area contributed by atoms with Gasteiger partial charge in [-0.2, -0.15) is 0 Å². The molecule has 0 saturated heterocycles. The number of rotatable bonds is 7. The van der Waals surface area contributed by atoms with E-state index in [2.05, 4.69) is 20.1 Å². The first-order chi connectivity index (χ1) is 13.2. The molecule has 0 bridgehead atoms. The van der Waals surface area contributed by atoms with Crippen molar-refractivity contribution in [3.8, 4) is 11.5 Å². The number of nitrogens with one attached hydrogen (secondary N) is 1. The van der Waals surface area contributed by atoms with Crippen LogP contribution in [0.25, 0.3) is 0 Å². The first kappa shape index (κ1) is 17.6. The van der Waals surface area contributed by atoms with Gasteiger partial charge >= 0.3 is 0 Å². The third-order valence-electron chi connectivity index (χ3n) is 4.20. The molecule has 27 heavy (non-hydrogen) atoms. The second-order valence-electron chi connectivity index (χ2n) is 6.41. The van der Waals surface area contributed by atoms with Crippen LogP contribution in [0.15, 0.2) is 59.8 Å². The standard InChI is InChI=1S/C20H20N4O2S/c1-14-22-23-20(24(14)16-9-10-16)27-13-19(25)21-15-7-11-18(12-8-15)26-17-5-3-2-4-6-17/h2-8,11-12,16H,9-10,13H2,1H3,(H,21,25). The Hall–Kier alpha value is -2.80. The van der Waals surface area contributed by atoms with Crippen LogP contribution < -0.4 is 10.1 Å². The number of aryl methyl sites for hydroxylation is 1. The summed E-state index contributed by atoms with van der Waals surface area (Å²) in [5, 5.41) is 12.0. The molecule has 0 aliphatic heterocycles. The third kappa shape index (κ3) is 4.49. The average Bonchev–Trinajstić information content (AvgIpc) is 3.45. The summed E-state index contributed by atoms with van der Waals surface area (Å²) in [4.78, 5) is 12.2. The summed E-state index contributed by atoms with van der Waals surface area (Å²) >= 11 is 1.42. The van der Waals surface area contributed by atoms with Crippen LogP contribution in [-0.2, 0) is 4.79 Å². The number of para-hydroxylation sites is 1. The Balaban J connectivity index is 1.30. The van der Waals surface area contributed by atoms with Crippen LogP contribution in [0, 0.1) is 6.92 Å². The van der Waals surface area contributed by atoms with E-state index < -0.39 is 0 Å². The summed E-state index contributed by atoms with van der Waals surface area (Å²) < 4.78 is 7.89. The second kappa shape index (κ2) is 7.84. The molecule has 0 unspecified atom stereocenters. The third-order valence-corrected chi connectivity index (χ3v) is 5.14. The number of aromatic nitrogens is 3. The van der Waals surface area contributed by atoms with Crippen molar-refractivity contribution in [3.05, 3.63) is 60.4 Å². The number of nitrogens with zero attached hydrogens (tertiary/aromatic N) is 3. The predicted octanol–water partition coefficient (Wildman–Crippen LogP) is 4.44. The highest BCUT2D eigenvalue weighted by atomic mass is 32.2. The summed E-state index contributed by atoms with van der Waals surface area (Å²) in [7, 11) is 0. The lowest BCUT2D eigenvalue weighted by Crippen LogP contribution is -2.14. The van der Waals surface area contributed by atoms with Gasteiger partial charge in [0.15, 0.2) is 5.16 Å². The predicted molar refractivity (Wildman–Crippen MR) is 105 cm³/mol. The Kier molecular flexibility index (Phi) is 5.11. The Labute approximate surface area is 162 Å². The van der Waals surface area contributed by atoms with Crippen molar-refractivity contribution in [2.75, 3.05) is 11.1 Å². The van der Waals surface area contributed by atoms with Crippen LogP contribution >= 0.6 is 11.8 Å². The number of hydrogen-bond donors (Lipinski definition) is 1. The normalized spacial score (nSPS) is 13.4. The lowest BCUT2D eigenvalue weighted by molar-refractivity contribution is -0.113. The highest BCUT2D eigenvalue weighted by Gasteiger charge is 2.28. The number of hydrogen-bond acceptors (Lipinski definition) is 5. The van der Waals surface area contributed by atoms with Crippen LogP contribution in [-0.4, -0.2) is 26.4 Å². The van der Waals surface area contributed by atoms with Crippen molar-refractivity contribution in [3.63, 3.8) is 0 Å². The molecule has 0 atom stereocenters. The van der Waals surface area contributed by atoms with E-state index in [0.717, 1.165) is 41.0 Å². The van der Waals surface area contributed by atoms with E-state index in [1.165, 1.54) is 11.8 Å². The fourth-order valence-electron chi connectivity index (χ4n) is 2.76. The van der Waals surface area contributed by atoms with Gasteiger partial charge in [-0.3, -0.25) is 4.79 Å². The molecule has 1 aliphatic rings. The van der Waals surface area contributed by atoms with Gasteiger partial charge in [0.05, 0.1) is 5.75 Å². The molecule has 1 N–H and O–H groups in total. The molecule has 1 heterocycles. The van der Waals surface area contributed by atoms with Crippen molar-refractivity contribution < 1.29 is 9.53 Å². The lowest BCUT2D eigenvalue weighted by atomic mass is 10.3. The van der Waals surface area contributed by atoms with Crippen molar-refractivity contribution >= 4 is 23.4 Å². The minimum Gasteiger partial charge on any atom is -0.457 e. The van der Waals surface area contributed by atoms with E-state index in [1.54, 1.807) is 0 Å². The minimum absolute atomic E-state index is 0.0697. The Bertz CT molecular complexity index is 921. The molecule has 1 aromatic heterocycles. The summed E-state index contributed by atoms with van der Waals surface area (Å²) in [6, 6.07) is 17.4. The maximum absolute atomic E-state index is 12.2. The quantitative estimate of drug-likeness (QED) is 0.614. The number of benzene rings is 2. The van der Waals surface area contributed by atoms with E-state index in [-0.39, 0.29) is 5.91 Å². The van der Waals surface area contributed by atoms with Crippen LogP contribution in [0.3, 0.4) is 0 Å². The molecule has 1 aliphatic carbocycles. The first-order valence-electron chi connectivity index (χ1n) is 8.86. The molecule has 6 nitrogen and oxygen atoms in total. The monoisotopic (exact) mass is 380 g/mol. The fourth-order valence-corrected chi connectivity index (χ4v) is 3.61. The molecule has 0 radical (unpaired) electrons. The molecule has 1 fully saturated rings. The van der Waals surface area contributed by atoms with Gasteiger partial charge in [0.25, 0.3) is 0 Å². The van der Waals surface area contributed by atoms with Crippen LogP contribution in [0.5, 0.6) is 11.5 Å². The van der Waals surface area contributed by atoms with Gasteiger partial charge in [-0.25, -0.2) is 0 Å². The maximum Gasteiger partial charge on any atom is 0.234 e. The van der Waals surface area contributed by atoms with Gasteiger partial charge in [-0.05, 0) is 56.2 Å². The van der Waals surface area contributed by atoms with Crippen LogP contribution in [0.1, 0.15) is 24.7 Å². The number of amides is 1. The molecule has 138 valence electrons. The van der Waals surface area contributed by atoms with E-state index in [4.69, 9.17) is 4.74 Å². The SMILES string of the molecule is Cc1nnc(SCC(=O)Nc2ccc(Oc3ccccc3)cc2)n1C1CC1. The number of ether oxygens (including phenoxy) is 1. The largest absolute Gasteiger partial charge is 0.457 e. The Morgan fingerprint density at radius 3 is 2.52 bits per heavy atom. The second-order valence-corrected chi connectivity index (χ2v) is 7.35. The van der Waals surface area contributed by atoms with Crippen molar-refractivity contribution in [2.24, 2.45) is 0 Å². The molecule has 7 heteroatoms. The molecule has 3 aromatic rings. The van der Waals surface area contributed by atoms with E-state index in [1.807, 2.05) is 61.5 Å². The summed E-state index contributed by atoms with van der Waals surface area (Å²) in [5.74, 6) is 2.64. The molecular weight excluding hydrogens is 360 g/mol. The van der Waals surface area contributed by atoms with E-state index in [0.29, 0.717) is 11.8 Å². The van der Waals surface area contributed by atoms with Crippen molar-refractivity contribution in [1.82, 2.24) is 14.8 Å². The van der Waals surface area contributed by atoms with Gasteiger partial charge in [0.2, 0.25) is 5.91 Å². The topological polar surface area (TPSA) is 69.0 Å². The van der Waals surface area contributed by atoms with E-state index >= 15 is 0 Å². The van der Waals surface area contributed by atoms with Gasteiger partial charge in [-0.1, -0.05) is 30.0 Å². The molecule has 4 rings (SSSR count). The zero-order valence-electron chi connectivity index (χ0n) is 15.0. The minimum atomic E-state index is -0.0697. The smallest absolute Gasteiger partial charge is 0.234 e. The van der Waals surface area contributed by atoms with Crippen LogP contribution in [0.2, 0.25) is 0 Å². The van der Waals surface area contributed by atoms with E-state index in [9.17, 15) is 4.79 Å². The zero-order chi connectivity index (χ0) is 18.6. The summed E-state index contributed by atoms with van der Waals surface area (Å²) in [5.41, 5.74) is 0.737. The number of anilines is 1.